The average Bonchev–Trinajstić information content (AvgIpc) is 2.97. The molecular weight excluding hydrogens is 288 g/mol. The summed E-state index contributed by atoms with van der Waals surface area (Å²) in [4.78, 5) is 2.45. The summed E-state index contributed by atoms with van der Waals surface area (Å²) in [5.74, 6) is 0.588. The van der Waals surface area contributed by atoms with E-state index < -0.39 is 10.2 Å². The van der Waals surface area contributed by atoms with Gasteiger partial charge in [-0.15, -0.1) is 0 Å². The van der Waals surface area contributed by atoms with Crippen LogP contribution in [0.15, 0.2) is 34.9 Å². The molecule has 0 amide bonds. The summed E-state index contributed by atoms with van der Waals surface area (Å²) in [5.41, 5.74) is 9.34. The van der Waals surface area contributed by atoms with E-state index in [4.69, 9.17) is 5.53 Å². The van der Waals surface area contributed by atoms with E-state index in [1.807, 2.05) is 30.3 Å². The summed E-state index contributed by atoms with van der Waals surface area (Å²) in [5, 5.41) is 0. The number of benzene rings is 1. The largest absolute Gasteiger partial charge is 0.302 e. The van der Waals surface area contributed by atoms with Crippen LogP contribution < -0.4 is 0 Å². The maximum atomic E-state index is 12.0. The van der Waals surface area contributed by atoms with Crippen molar-refractivity contribution < 1.29 is 8.42 Å². The van der Waals surface area contributed by atoms with Gasteiger partial charge in [0.2, 0.25) is 0 Å². The number of azide groups is 1. The summed E-state index contributed by atoms with van der Waals surface area (Å²) in [6, 6.07) is 9.35. The molecule has 21 heavy (non-hydrogen) atoms. The van der Waals surface area contributed by atoms with E-state index in [0.717, 1.165) is 12.0 Å². The molecule has 1 aromatic carbocycles. The number of hydrogen-bond donors (Lipinski definition) is 0. The summed E-state index contributed by atoms with van der Waals surface area (Å²) in [6.45, 7) is 0.649. The second-order valence-electron chi connectivity index (χ2n) is 5.41. The van der Waals surface area contributed by atoms with Crippen molar-refractivity contribution >= 4 is 10.2 Å². The molecule has 0 atom stereocenters. The predicted octanol–water partition coefficient (Wildman–Crippen LogP) is 3.62. The van der Waals surface area contributed by atoms with E-state index in [9.17, 15) is 8.42 Å². The van der Waals surface area contributed by atoms with Crippen molar-refractivity contribution in [2.45, 2.75) is 38.6 Å². The quantitative estimate of drug-likeness (QED) is 0.437. The van der Waals surface area contributed by atoms with Crippen molar-refractivity contribution in [3.8, 4) is 0 Å². The summed E-state index contributed by atoms with van der Waals surface area (Å²) >= 11 is 0. The van der Waals surface area contributed by atoms with Crippen LogP contribution in [0.4, 0.5) is 0 Å². The Labute approximate surface area is 125 Å². The second-order valence-corrected chi connectivity index (χ2v) is 6.98. The van der Waals surface area contributed by atoms with Crippen molar-refractivity contribution in [1.29, 1.82) is 0 Å². The molecule has 0 spiro atoms. The predicted molar refractivity (Wildman–Crippen MR) is 81.5 cm³/mol. The van der Waals surface area contributed by atoms with E-state index in [0.29, 0.717) is 12.5 Å². The highest BCUT2D eigenvalue weighted by Gasteiger charge is 2.23. The van der Waals surface area contributed by atoms with Gasteiger partial charge in [-0.3, -0.25) is 0 Å². The molecule has 0 radical (unpaired) electrons. The zero-order chi connectivity index (χ0) is 15.1. The molecule has 1 fully saturated rings. The molecule has 2 rings (SSSR count). The molecule has 1 aliphatic rings. The van der Waals surface area contributed by atoms with E-state index >= 15 is 0 Å². The van der Waals surface area contributed by atoms with Crippen molar-refractivity contribution in [2.24, 2.45) is 10.4 Å². The molecule has 114 valence electrons. The Bertz CT molecular complexity index is 591. The van der Waals surface area contributed by atoms with Gasteiger partial charge in [-0.1, -0.05) is 56.0 Å². The van der Waals surface area contributed by atoms with Crippen LogP contribution in [0.25, 0.3) is 10.4 Å². The Balaban J connectivity index is 2.07. The van der Waals surface area contributed by atoms with Gasteiger partial charge in [0.05, 0.1) is 0 Å². The number of nitrogens with zero attached hydrogens (tertiary/aromatic N) is 4. The molecule has 0 N–H and O–H groups in total. The minimum Gasteiger partial charge on any atom is -0.204 e. The zero-order valence-corrected chi connectivity index (χ0v) is 12.7. The van der Waals surface area contributed by atoms with Crippen LogP contribution in [0.2, 0.25) is 0 Å². The lowest BCUT2D eigenvalue weighted by atomic mass is 10.0. The number of rotatable bonds is 7. The zero-order valence-electron chi connectivity index (χ0n) is 11.9. The first-order valence-corrected chi connectivity index (χ1v) is 8.62. The summed E-state index contributed by atoms with van der Waals surface area (Å²) < 4.78 is 28.3. The molecule has 0 aliphatic heterocycles. The fourth-order valence-corrected chi connectivity index (χ4v) is 3.63. The monoisotopic (exact) mass is 308 g/mol. The van der Waals surface area contributed by atoms with Gasteiger partial charge in [0.1, 0.15) is 0 Å². The van der Waals surface area contributed by atoms with Crippen LogP contribution in [0.1, 0.15) is 37.7 Å². The normalized spacial score (nSPS) is 16.0. The number of hydrogen-bond acceptors (Lipinski definition) is 2. The smallest absolute Gasteiger partial charge is 0.204 e. The lowest BCUT2D eigenvalue weighted by Crippen LogP contribution is -2.30. The van der Waals surface area contributed by atoms with Gasteiger partial charge in [-0.25, -0.2) is 8.42 Å². The van der Waals surface area contributed by atoms with Gasteiger partial charge in [0.25, 0.3) is 0 Å². The highest BCUT2D eigenvalue weighted by Crippen LogP contribution is 2.28. The minimum absolute atomic E-state index is 0.245. The van der Waals surface area contributed by atoms with Crippen molar-refractivity contribution in [2.75, 3.05) is 6.54 Å². The summed E-state index contributed by atoms with van der Waals surface area (Å²) in [6.07, 6.45) is 5.62. The third-order valence-corrected chi connectivity index (χ3v) is 5.17. The van der Waals surface area contributed by atoms with Crippen LogP contribution in [0, 0.1) is 5.92 Å². The molecule has 7 heteroatoms. The molecule has 0 aromatic heterocycles. The molecule has 1 aliphatic carbocycles. The molecular formula is C14H20N4O2S. The molecule has 0 saturated heterocycles. The van der Waals surface area contributed by atoms with Crippen LogP contribution >= 0.6 is 0 Å². The van der Waals surface area contributed by atoms with Gasteiger partial charge in [0.15, 0.2) is 0 Å². The van der Waals surface area contributed by atoms with E-state index in [2.05, 4.69) is 9.43 Å². The molecule has 0 bridgehead atoms. The first kappa shape index (κ1) is 15.8. The Morgan fingerprint density at radius 3 is 2.52 bits per heavy atom. The topological polar surface area (TPSA) is 86.1 Å². The van der Waals surface area contributed by atoms with E-state index in [-0.39, 0.29) is 6.54 Å². The Morgan fingerprint density at radius 2 is 1.90 bits per heavy atom. The van der Waals surface area contributed by atoms with E-state index in [1.54, 1.807) is 0 Å². The third-order valence-electron chi connectivity index (χ3n) is 3.93. The SMILES string of the molecule is [N-]=[N+]=NS(=O)(=O)N(CCC1CCCC1)Cc1ccccc1. The van der Waals surface area contributed by atoms with Crippen molar-refractivity contribution in [1.82, 2.24) is 4.31 Å². The molecule has 0 unspecified atom stereocenters. The Hall–Kier alpha value is -1.56. The van der Waals surface area contributed by atoms with Crippen molar-refractivity contribution in [3.05, 3.63) is 46.3 Å². The standard InChI is InChI=1S/C14H20N4O2S/c15-16-17-21(19,20)18(11-10-13-6-4-5-7-13)12-14-8-2-1-3-9-14/h1-3,8-9,13H,4-7,10-12H2. The van der Waals surface area contributed by atoms with Crippen LogP contribution in [-0.4, -0.2) is 19.3 Å². The first-order valence-electron chi connectivity index (χ1n) is 7.22. The van der Waals surface area contributed by atoms with Crippen LogP contribution in [0.5, 0.6) is 0 Å². The van der Waals surface area contributed by atoms with Crippen LogP contribution in [0.3, 0.4) is 0 Å². The van der Waals surface area contributed by atoms with Crippen LogP contribution in [-0.2, 0) is 16.8 Å². The van der Waals surface area contributed by atoms with Gasteiger partial charge in [-0.2, -0.15) is 4.31 Å². The Kier molecular flexibility index (Phi) is 5.61. The van der Waals surface area contributed by atoms with E-state index in [1.165, 1.54) is 30.0 Å². The highest BCUT2D eigenvalue weighted by atomic mass is 32.2. The fraction of sp³-hybridized carbons (Fsp3) is 0.571. The van der Waals surface area contributed by atoms with Crippen molar-refractivity contribution in [3.63, 3.8) is 0 Å². The fourth-order valence-electron chi connectivity index (χ4n) is 2.79. The molecule has 1 aromatic rings. The highest BCUT2D eigenvalue weighted by molar-refractivity contribution is 7.87. The lowest BCUT2D eigenvalue weighted by molar-refractivity contribution is 0.360. The first-order chi connectivity index (χ1) is 10.1. The van der Waals surface area contributed by atoms with Gasteiger partial charge in [0, 0.05) is 22.5 Å². The minimum atomic E-state index is -3.92. The summed E-state index contributed by atoms with van der Waals surface area (Å²) in [7, 11) is -3.92. The lowest BCUT2D eigenvalue weighted by Gasteiger charge is -2.21. The second kappa shape index (κ2) is 7.45. The average molecular weight is 308 g/mol. The molecule has 6 nitrogen and oxygen atoms in total. The maximum absolute atomic E-state index is 12.0. The van der Waals surface area contributed by atoms with Gasteiger partial charge < -0.3 is 0 Å². The maximum Gasteiger partial charge on any atom is 0.302 e. The Morgan fingerprint density at radius 1 is 1.24 bits per heavy atom. The third kappa shape index (κ3) is 4.74. The molecule has 0 heterocycles. The van der Waals surface area contributed by atoms with Gasteiger partial charge >= 0.3 is 10.2 Å². The van der Waals surface area contributed by atoms with Gasteiger partial charge in [-0.05, 0) is 23.4 Å². The molecule has 1 saturated carbocycles.